The molecule has 0 radical (unpaired) electrons. The van der Waals surface area contributed by atoms with E-state index in [4.69, 9.17) is 0 Å². The van der Waals surface area contributed by atoms with Crippen molar-refractivity contribution in [3.05, 3.63) is 29.8 Å². The van der Waals surface area contributed by atoms with Crippen LogP contribution in [0.1, 0.15) is 44.6 Å². The Hall–Kier alpha value is -1.06. The van der Waals surface area contributed by atoms with Gasteiger partial charge in [0.25, 0.3) is 0 Å². The molecule has 1 unspecified atom stereocenters. The Bertz CT molecular complexity index is 445. The van der Waals surface area contributed by atoms with Gasteiger partial charge in [0.1, 0.15) is 0 Å². The third-order valence-corrected chi connectivity index (χ3v) is 4.39. The van der Waals surface area contributed by atoms with E-state index in [2.05, 4.69) is 55.4 Å². The smallest absolute Gasteiger partial charge is 0.0610 e. The van der Waals surface area contributed by atoms with E-state index in [1.807, 2.05) is 0 Å². The molecule has 21 heavy (non-hydrogen) atoms. The summed E-state index contributed by atoms with van der Waals surface area (Å²) in [4.78, 5) is 2.32. The molecule has 0 aliphatic heterocycles. The van der Waals surface area contributed by atoms with Crippen LogP contribution >= 0.6 is 0 Å². The van der Waals surface area contributed by atoms with Gasteiger partial charge in [0.2, 0.25) is 0 Å². The van der Waals surface area contributed by atoms with E-state index in [0.29, 0.717) is 6.04 Å². The standard InChI is InChI=1S/C18H30N2O/c1-15-7-6-8-17(13-15)20(3)12-5-4-11-18(2,14-21)19-16-9-10-16/h6-8,13,16,19,21H,4-5,9-12,14H2,1-3H3. The molecule has 3 nitrogen and oxygen atoms in total. The van der Waals surface area contributed by atoms with Crippen LogP contribution in [0, 0.1) is 6.92 Å². The number of aryl methyl sites for hydroxylation is 1. The predicted octanol–water partition coefficient (Wildman–Crippen LogP) is 3.10. The number of unbranched alkanes of at least 4 members (excludes halogenated alkanes) is 1. The van der Waals surface area contributed by atoms with E-state index in [-0.39, 0.29) is 12.1 Å². The number of nitrogens with zero attached hydrogens (tertiary/aromatic N) is 1. The molecule has 0 saturated heterocycles. The maximum absolute atomic E-state index is 9.61. The van der Waals surface area contributed by atoms with Crippen molar-refractivity contribution in [3.63, 3.8) is 0 Å². The van der Waals surface area contributed by atoms with Gasteiger partial charge in [-0.25, -0.2) is 0 Å². The van der Waals surface area contributed by atoms with Gasteiger partial charge in [0.15, 0.2) is 0 Å². The van der Waals surface area contributed by atoms with Gasteiger partial charge >= 0.3 is 0 Å². The van der Waals surface area contributed by atoms with E-state index in [1.54, 1.807) is 0 Å². The van der Waals surface area contributed by atoms with E-state index in [9.17, 15) is 5.11 Å². The molecule has 3 heteroatoms. The second-order valence-corrected chi connectivity index (χ2v) is 6.86. The minimum Gasteiger partial charge on any atom is -0.394 e. The van der Waals surface area contributed by atoms with Crippen molar-refractivity contribution in [2.75, 3.05) is 25.1 Å². The molecule has 0 spiro atoms. The Morgan fingerprint density at radius 2 is 2.10 bits per heavy atom. The van der Waals surface area contributed by atoms with Crippen molar-refractivity contribution in [2.45, 2.75) is 57.5 Å². The summed E-state index contributed by atoms with van der Waals surface area (Å²) in [6.07, 6.45) is 5.89. The molecule has 1 aromatic carbocycles. The maximum atomic E-state index is 9.61. The minimum atomic E-state index is -0.0942. The highest BCUT2D eigenvalue weighted by Crippen LogP contribution is 2.25. The SMILES string of the molecule is Cc1cccc(N(C)CCCCC(C)(CO)NC2CC2)c1. The highest BCUT2D eigenvalue weighted by molar-refractivity contribution is 5.47. The molecule has 0 amide bonds. The summed E-state index contributed by atoms with van der Waals surface area (Å²) in [5.41, 5.74) is 2.50. The lowest BCUT2D eigenvalue weighted by atomic mass is 9.95. The minimum absolute atomic E-state index is 0.0942. The number of hydrogen-bond donors (Lipinski definition) is 2. The van der Waals surface area contributed by atoms with Crippen LogP contribution in [-0.2, 0) is 0 Å². The number of benzene rings is 1. The van der Waals surface area contributed by atoms with Crippen LogP contribution in [0.25, 0.3) is 0 Å². The molecule has 1 fully saturated rings. The van der Waals surface area contributed by atoms with Crippen LogP contribution in [0.15, 0.2) is 24.3 Å². The van der Waals surface area contributed by atoms with Crippen LogP contribution in [0.2, 0.25) is 0 Å². The highest BCUT2D eigenvalue weighted by atomic mass is 16.3. The number of aliphatic hydroxyl groups excluding tert-OH is 1. The van der Waals surface area contributed by atoms with Crippen molar-refractivity contribution >= 4 is 5.69 Å². The molecule has 1 aromatic rings. The van der Waals surface area contributed by atoms with Crippen molar-refractivity contribution in [1.82, 2.24) is 5.32 Å². The van der Waals surface area contributed by atoms with Crippen LogP contribution in [0.4, 0.5) is 5.69 Å². The van der Waals surface area contributed by atoms with Gasteiger partial charge in [-0.2, -0.15) is 0 Å². The first-order valence-electron chi connectivity index (χ1n) is 8.19. The zero-order valence-electron chi connectivity index (χ0n) is 13.7. The van der Waals surface area contributed by atoms with E-state index >= 15 is 0 Å². The van der Waals surface area contributed by atoms with Gasteiger partial charge in [-0.05, 0) is 63.6 Å². The lowest BCUT2D eigenvalue weighted by Crippen LogP contribution is -2.46. The zero-order chi connectivity index (χ0) is 15.3. The van der Waals surface area contributed by atoms with E-state index in [1.165, 1.54) is 24.1 Å². The molecule has 2 N–H and O–H groups in total. The zero-order valence-corrected chi connectivity index (χ0v) is 13.7. The van der Waals surface area contributed by atoms with Crippen molar-refractivity contribution in [3.8, 4) is 0 Å². The topological polar surface area (TPSA) is 35.5 Å². The van der Waals surface area contributed by atoms with Crippen molar-refractivity contribution in [1.29, 1.82) is 0 Å². The summed E-state index contributed by atoms with van der Waals surface area (Å²) >= 11 is 0. The Balaban J connectivity index is 1.70. The van der Waals surface area contributed by atoms with E-state index < -0.39 is 0 Å². The second-order valence-electron chi connectivity index (χ2n) is 6.86. The quantitative estimate of drug-likeness (QED) is 0.686. The molecule has 1 aliphatic rings. The average Bonchev–Trinajstić information content (AvgIpc) is 3.27. The Morgan fingerprint density at radius 1 is 1.33 bits per heavy atom. The number of nitrogens with one attached hydrogen (secondary N) is 1. The Morgan fingerprint density at radius 3 is 2.71 bits per heavy atom. The maximum Gasteiger partial charge on any atom is 0.0610 e. The molecule has 1 saturated carbocycles. The van der Waals surface area contributed by atoms with Gasteiger partial charge in [0, 0.05) is 30.9 Å². The summed E-state index contributed by atoms with van der Waals surface area (Å²) in [6.45, 7) is 5.58. The molecule has 1 atom stereocenters. The lowest BCUT2D eigenvalue weighted by Gasteiger charge is -2.29. The molecule has 0 bridgehead atoms. The summed E-state index contributed by atoms with van der Waals surface area (Å²) < 4.78 is 0. The second kappa shape index (κ2) is 7.28. The van der Waals surface area contributed by atoms with Gasteiger partial charge in [-0.1, -0.05) is 12.1 Å². The molecule has 0 aromatic heterocycles. The van der Waals surface area contributed by atoms with E-state index in [0.717, 1.165) is 25.8 Å². The third-order valence-electron chi connectivity index (χ3n) is 4.39. The number of hydrogen-bond acceptors (Lipinski definition) is 3. The van der Waals surface area contributed by atoms with Crippen LogP contribution < -0.4 is 10.2 Å². The van der Waals surface area contributed by atoms with Gasteiger partial charge < -0.3 is 15.3 Å². The first-order valence-corrected chi connectivity index (χ1v) is 8.19. The molecular formula is C18H30N2O. The first-order chi connectivity index (χ1) is 10.0. The third kappa shape index (κ3) is 5.33. The monoisotopic (exact) mass is 290 g/mol. The highest BCUT2D eigenvalue weighted by Gasteiger charge is 2.31. The van der Waals surface area contributed by atoms with Crippen LogP contribution in [-0.4, -0.2) is 36.9 Å². The fourth-order valence-electron chi connectivity index (χ4n) is 2.78. The fraction of sp³-hybridized carbons (Fsp3) is 0.667. The molecule has 0 heterocycles. The predicted molar refractivity (Wildman–Crippen MR) is 89.9 cm³/mol. The number of anilines is 1. The fourth-order valence-corrected chi connectivity index (χ4v) is 2.78. The molecule has 2 rings (SSSR count). The largest absolute Gasteiger partial charge is 0.394 e. The number of aliphatic hydroxyl groups is 1. The van der Waals surface area contributed by atoms with Crippen LogP contribution in [0.5, 0.6) is 0 Å². The van der Waals surface area contributed by atoms with Crippen molar-refractivity contribution < 1.29 is 5.11 Å². The summed E-state index contributed by atoms with van der Waals surface area (Å²) in [5, 5.41) is 13.2. The summed E-state index contributed by atoms with van der Waals surface area (Å²) in [6, 6.07) is 9.29. The van der Waals surface area contributed by atoms with Gasteiger partial charge in [-0.15, -0.1) is 0 Å². The molecular weight excluding hydrogens is 260 g/mol. The Kier molecular flexibility index (Phi) is 5.65. The first kappa shape index (κ1) is 16.3. The normalized spacial score (nSPS) is 17.5. The van der Waals surface area contributed by atoms with Gasteiger partial charge in [0.05, 0.1) is 6.61 Å². The lowest BCUT2D eigenvalue weighted by molar-refractivity contribution is 0.161. The van der Waals surface area contributed by atoms with Crippen LogP contribution in [0.3, 0.4) is 0 Å². The summed E-state index contributed by atoms with van der Waals surface area (Å²) in [5.74, 6) is 0. The molecule has 118 valence electrons. The average molecular weight is 290 g/mol. The Labute approximate surface area is 129 Å². The summed E-state index contributed by atoms with van der Waals surface area (Å²) in [7, 11) is 2.16. The van der Waals surface area contributed by atoms with Gasteiger partial charge in [-0.3, -0.25) is 0 Å². The molecule has 1 aliphatic carbocycles. The number of rotatable bonds is 9. The van der Waals surface area contributed by atoms with Crippen molar-refractivity contribution in [2.24, 2.45) is 0 Å².